The van der Waals surface area contributed by atoms with E-state index in [-0.39, 0.29) is 6.61 Å². The third-order valence-corrected chi connectivity index (χ3v) is 2.39. The van der Waals surface area contributed by atoms with Crippen LogP contribution in [0, 0.1) is 6.92 Å². The Morgan fingerprint density at radius 3 is 2.72 bits per heavy atom. The standard InChI is InChI=1S/C13H13FN2O2/c1-10-7-8-16(15-10)12(14)13(17)18-9-11-5-3-2-4-6-11/h2-8,12H,9H2,1H3. The van der Waals surface area contributed by atoms with Crippen molar-refractivity contribution in [1.82, 2.24) is 9.78 Å². The molecule has 1 aromatic carbocycles. The van der Waals surface area contributed by atoms with Crippen LogP contribution in [0.3, 0.4) is 0 Å². The number of hydrogen-bond donors (Lipinski definition) is 0. The number of ether oxygens (including phenoxy) is 1. The van der Waals surface area contributed by atoms with Crippen molar-refractivity contribution in [2.24, 2.45) is 0 Å². The van der Waals surface area contributed by atoms with Crippen LogP contribution < -0.4 is 0 Å². The second kappa shape index (κ2) is 5.44. The van der Waals surface area contributed by atoms with E-state index in [1.54, 1.807) is 25.1 Å². The summed E-state index contributed by atoms with van der Waals surface area (Å²) < 4.78 is 19.5. The number of esters is 1. The fourth-order valence-electron chi connectivity index (χ4n) is 1.46. The molecule has 0 aliphatic heterocycles. The molecule has 1 aromatic heterocycles. The Labute approximate surface area is 104 Å². The van der Waals surface area contributed by atoms with Crippen molar-refractivity contribution in [2.75, 3.05) is 0 Å². The first kappa shape index (κ1) is 12.3. The molecule has 0 saturated heterocycles. The maximum atomic E-state index is 13.7. The van der Waals surface area contributed by atoms with Gasteiger partial charge in [0.25, 0.3) is 6.30 Å². The number of rotatable bonds is 4. The Morgan fingerprint density at radius 2 is 2.11 bits per heavy atom. The van der Waals surface area contributed by atoms with Gasteiger partial charge in [0, 0.05) is 6.20 Å². The molecule has 1 heterocycles. The first-order chi connectivity index (χ1) is 8.66. The van der Waals surface area contributed by atoms with Crippen LogP contribution >= 0.6 is 0 Å². The molecule has 0 saturated carbocycles. The summed E-state index contributed by atoms with van der Waals surface area (Å²) in [5.41, 5.74) is 1.46. The van der Waals surface area contributed by atoms with Crippen LogP contribution in [0.15, 0.2) is 42.6 Å². The number of halogens is 1. The van der Waals surface area contributed by atoms with Gasteiger partial charge < -0.3 is 4.74 Å². The quantitative estimate of drug-likeness (QED) is 0.780. The van der Waals surface area contributed by atoms with E-state index < -0.39 is 12.3 Å². The van der Waals surface area contributed by atoms with Gasteiger partial charge in [-0.1, -0.05) is 30.3 Å². The minimum atomic E-state index is -1.90. The molecule has 0 amide bonds. The Bertz CT molecular complexity index is 525. The Morgan fingerprint density at radius 1 is 1.39 bits per heavy atom. The smallest absolute Gasteiger partial charge is 0.364 e. The van der Waals surface area contributed by atoms with Crippen LogP contribution in [-0.4, -0.2) is 15.7 Å². The largest absolute Gasteiger partial charge is 0.457 e. The molecule has 5 heteroatoms. The molecule has 0 bridgehead atoms. The summed E-state index contributed by atoms with van der Waals surface area (Å²) in [5.74, 6) is -0.943. The average Bonchev–Trinajstić information content (AvgIpc) is 2.83. The molecular weight excluding hydrogens is 235 g/mol. The highest BCUT2D eigenvalue weighted by Crippen LogP contribution is 2.11. The SMILES string of the molecule is Cc1ccn(C(F)C(=O)OCc2ccccc2)n1. The highest BCUT2D eigenvalue weighted by atomic mass is 19.1. The number of alkyl halides is 1. The zero-order valence-electron chi connectivity index (χ0n) is 9.91. The maximum absolute atomic E-state index is 13.7. The molecule has 2 aromatic rings. The van der Waals surface area contributed by atoms with Gasteiger partial charge in [-0.25, -0.2) is 13.9 Å². The van der Waals surface area contributed by atoms with Crippen molar-refractivity contribution < 1.29 is 13.9 Å². The Kier molecular flexibility index (Phi) is 3.72. The molecule has 0 N–H and O–H groups in total. The number of aryl methyl sites for hydroxylation is 1. The molecule has 0 aliphatic rings. The predicted molar refractivity (Wildman–Crippen MR) is 63.3 cm³/mol. The van der Waals surface area contributed by atoms with Crippen LogP contribution in [0.4, 0.5) is 4.39 Å². The van der Waals surface area contributed by atoms with Gasteiger partial charge in [0.05, 0.1) is 5.69 Å². The Hall–Kier alpha value is -2.17. The van der Waals surface area contributed by atoms with E-state index in [0.29, 0.717) is 5.69 Å². The summed E-state index contributed by atoms with van der Waals surface area (Å²) in [4.78, 5) is 11.5. The second-order valence-electron chi connectivity index (χ2n) is 3.87. The number of carbonyl (C=O) groups is 1. The van der Waals surface area contributed by atoms with Gasteiger partial charge in [-0.2, -0.15) is 5.10 Å². The first-order valence-electron chi connectivity index (χ1n) is 5.53. The summed E-state index contributed by atoms with van der Waals surface area (Å²) in [7, 11) is 0. The van der Waals surface area contributed by atoms with Crippen molar-refractivity contribution in [1.29, 1.82) is 0 Å². The lowest BCUT2D eigenvalue weighted by atomic mass is 10.2. The third kappa shape index (κ3) is 2.94. The van der Waals surface area contributed by atoms with Gasteiger partial charge in [-0.15, -0.1) is 0 Å². The maximum Gasteiger partial charge on any atom is 0.364 e. The lowest BCUT2D eigenvalue weighted by molar-refractivity contribution is -0.155. The minimum Gasteiger partial charge on any atom is -0.457 e. The number of carbonyl (C=O) groups excluding carboxylic acids is 1. The van der Waals surface area contributed by atoms with Crippen LogP contribution in [0.2, 0.25) is 0 Å². The lowest BCUT2D eigenvalue weighted by Crippen LogP contribution is -2.18. The van der Waals surface area contributed by atoms with Gasteiger partial charge in [0.15, 0.2) is 0 Å². The lowest BCUT2D eigenvalue weighted by Gasteiger charge is -2.09. The number of nitrogens with zero attached hydrogens (tertiary/aromatic N) is 2. The van der Waals surface area contributed by atoms with Crippen molar-refractivity contribution in [3.8, 4) is 0 Å². The molecule has 0 spiro atoms. The van der Waals surface area contributed by atoms with E-state index in [9.17, 15) is 9.18 Å². The Balaban J connectivity index is 1.92. The molecule has 94 valence electrons. The summed E-state index contributed by atoms with van der Waals surface area (Å²) >= 11 is 0. The van der Waals surface area contributed by atoms with Gasteiger partial charge in [-0.05, 0) is 18.6 Å². The van der Waals surface area contributed by atoms with Gasteiger partial charge in [-0.3, -0.25) is 0 Å². The van der Waals surface area contributed by atoms with E-state index in [2.05, 4.69) is 5.10 Å². The zero-order chi connectivity index (χ0) is 13.0. The molecule has 1 atom stereocenters. The van der Waals surface area contributed by atoms with E-state index in [1.165, 1.54) is 6.20 Å². The molecule has 18 heavy (non-hydrogen) atoms. The topological polar surface area (TPSA) is 44.1 Å². The molecule has 2 rings (SSSR count). The van der Waals surface area contributed by atoms with Crippen molar-refractivity contribution in [3.05, 3.63) is 53.9 Å². The van der Waals surface area contributed by atoms with Gasteiger partial charge in [0.2, 0.25) is 0 Å². The van der Waals surface area contributed by atoms with Gasteiger partial charge >= 0.3 is 5.97 Å². The normalized spacial score (nSPS) is 12.1. The van der Waals surface area contributed by atoms with E-state index >= 15 is 0 Å². The van der Waals surface area contributed by atoms with Crippen LogP contribution in [0.1, 0.15) is 17.6 Å². The number of aromatic nitrogens is 2. The highest BCUT2D eigenvalue weighted by Gasteiger charge is 2.21. The molecule has 0 fully saturated rings. The zero-order valence-corrected chi connectivity index (χ0v) is 9.91. The minimum absolute atomic E-state index is 0.0559. The highest BCUT2D eigenvalue weighted by molar-refractivity contribution is 5.72. The average molecular weight is 248 g/mol. The van der Waals surface area contributed by atoms with Crippen molar-refractivity contribution in [3.63, 3.8) is 0 Å². The summed E-state index contributed by atoms with van der Waals surface area (Å²) in [6, 6.07) is 10.7. The van der Waals surface area contributed by atoms with Gasteiger partial charge in [0.1, 0.15) is 6.61 Å². The van der Waals surface area contributed by atoms with E-state index in [4.69, 9.17) is 4.74 Å². The predicted octanol–water partition coefficient (Wildman–Crippen LogP) is 2.40. The number of benzene rings is 1. The molecule has 0 radical (unpaired) electrons. The van der Waals surface area contributed by atoms with Crippen LogP contribution in [0.5, 0.6) is 0 Å². The van der Waals surface area contributed by atoms with Crippen LogP contribution in [0.25, 0.3) is 0 Å². The monoisotopic (exact) mass is 248 g/mol. The fourth-order valence-corrected chi connectivity index (χ4v) is 1.46. The second-order valence-corrected chi connectivity index (χ2v) is 3.87. The van der Waals surface area contributed by atoms with E-state index in [1.807, 2.05) is 18.2 Å². The summed E-state index contributed by atoms with van der Waals surface area (Å²) in [5, 5.41) is 3.83. The summed E-state index contributed by atoms with van der Waals surface area (Å²) in [6.07, 6.45) is -0.494. The number of hydrogen-bond acceptors (Lipinski definition) is 3. The first-order valence-corrected chi connectivity index (χ1v) is 5.53. The molecular formula is C13H13FN2O2. The molecule has 4 nitrogen and oxygen atoms in total. The molecule has 1 unspecified atom stereocenters. The van der Waals surface area contributed by atoms with E-state index in [0.717, 1.165) is 10.2 Å². The fraction of sp³-hybridized carbons (Fsp3) is 0.231. The summed E-state index contributed by atoms with van der Waals surface area (Å²) in [6.45, 7) is 1.78. The van der Waals surface area contributed by atoms with Crippen molar-refractivity contribution in [2.45, 2.75) is 19.8 Å². The van der Waals surface area contributed by atoms with Crippen molar-refractivity contribution >= 4 is 5.97 Å². The molecule has 0 aliphatic carbocycles. The third-order valence-electron chi connectivity index (χ3n) is 2.39. The van der Waals surface area contributed by atoms with Crippen LogP contribution in [-0.2, 0) is 16.1 Å².